The van der Waals surface area contributed by atoms with E-state index in [4.69, 9.17) is 9.15 Å². The Morgan fingerprint density at radius 2 is 2.00 bits per heavy atom. The third-order valence-corrected chi connectivity index (χ3v) is 5.60. The maximum atomic E-state index is 11.7. The van der Waals surface area contributed by atoms with Crippen LogP contribution in [0.25, 0.3) is 5.70 Å². The minimum absolute atomic E-state index is 0.0731. The molecule has 4 heterocycles. The summed E-state index contributed by atoms with van der Waals surface area (Å²) < 4.78 is 12.1. The Balaban J connectivity index is 1.53. The van der Waals surface area contributed by atoms with Crippen molar-refractivity contribution in [2.45, 2.75) is 31.5 Å². The van der Waals surface area contributed by atoms with E-state index in [2.05, 4.69) is 22.6 Å². The zero-order chi connectivity index (χ0) is 17.7. The number of amides is 1. The molecule has 6 heteroatoms. The molecule has 3 aliphatic heterocycles. The first kappa shape index (κ1) is 15.5. The van der Waals surface area contributed by atoms with Crippen LogP contribution in [-0.4, -0.2) is 34.6 Å². The Morgan fingerprint density at radius 3 is 2.73 bits per heavy atom. The number of piperidine rings is 1. The highest BCUT2D eigenvalue weighted by molar-refractivity contribution is 5.73. The van der Waals surface area contributed by atoms with E-state index < -0.39 is 5.72 Å². The van der Waals surface area contributed by atoms with Crippen LogP contribution in [0, 0.1) is 0 Å². The number of carbonyl (C=O) groups is 1. The number of furan rings is 1. The summed E-state index contributed by atoms with van der Waals surface area (Å²) in [7, 11) is 0. The molecule has 0 bridgehead atoms. The van der Waals surface area contributed by atoms with Gasteiger partial charge in [-0.3, -0.25) is 4.79 Å². The highest BCUT2D eigenvalue weighted by atomic mass is 16.5. The van der Waals surface area contributed by atoms with Gasteiger partial charge in [-0.05, 0) is 24.3 Å². The zero-order valence-corrected chi connectivity index (χ0v) is 14.6. The van der Waals surface area contributed by atoms with Crippen molar-refractivity contribution in [1.82, 2.24) is 15.3 Å². The van der Waals surface area contributed by atoms with Crippen molar-refractivity contribution in [1.29, 1.82) is 0 Å². The highest BCUT2D eigenvalue weighted by Gasteiger charge is 2.51. The molecule has 134 valence electrons. The van der Waals surface area contributed by atoms with Crippen molar-refractivity contribution < 1.29 is 13.9 Å². The second kappa shape index (κ2) is 5.64. The predicted molar refractivity (Wildman–Crippen MR) is 95.7 cm³/mol. The lowest BCUT2D eigenvalue weighted by Crippen LogP contribution is -2.63. The summed E-state index contributed by atoms with van der Waals surface area (Å²) in [5.74, 6) is 1.85. The van der Waals surface area contributed by atoms with Crippen LogP contribution in [0.5, 0.6) is 5.75 Å². The van der Waals surface area contributed by atoms with Crippen molar-refractivity contribution >= 4 is 11.6 Å². The van der Waals surface area contributed by atoms with Crippen LogP contribution in [0.3, 0.4) is 0 Å². The molecule has 2 aromatic rings. The van der Waals surface area contributed by atoms with Crippen LogP contribution in [0.1, 0.15) is 37.1 Å². The highest BCUT2D eigenvalue weighted by Crippen LogP contribution is 2.48. The minimum atomic E-state index is -0.476. The summed E-state index contributed by atoms with van der Waals surface area (Å²) >= 11 is 0. The molecule has 0 aliphatic carbocycles. The van der Waals surface area contributed by atoms with Gasteiger partial charge < -0.3 is 19.5 Å². The third kappa shape index (κ3) is 2.25. The average Bonchev–Trinajstić information content (AvgIpc) is 3.32. The van der Waals surface area contributed by atoms with E-state index in [1.54, 1.807) is 13.2 Å². The van der Waals surface area contributed by atoms with Crippen molar-refractivity contribution in [2.24, 2.45) is 0 Å². The fourth-order valence-electron chi connectivity index (χ4n) is 4.21. The first-order valence-corrected chi connectivity index (χ1v) is 9.01. The van der Waals surface area contributed by atoms with Gasteiger partial charge in [-0.1, -0.05) is 18.2 Å². The standard InChI is InChI=1S/C20H21N3O3/c1-14(24)22-10-8-20(9-11-22)23-17(15-5-2-3-6-18(15)26-20)13-16(21-23)19-7-4-12-25-19/h2-7,12-13,17,21H,8-11H2,1H3/t17-/m0/s1. The van der Waals surface area contributed by atoms with Crippen LogP contribution in [0.15, 0.2) is 53.2 Å². The number of hydrazine groups is 1. The van der Waals surface area contributed by atoms with Gasteiger partial charge in [-0.15, -0.1) is 0 Å². The predicted octanol–water partition coefficient (Wildman–Crippen LogP) is 2.91. The van der Waals surface area contributed by atoms with Gasteiger partial charge in [0.1, 0.15) is 5.75 Å². The number of nitrogens with zero attached hydrogens (tertiary/aromatic N) is 2. The molecule has 1 spiro atoms. The van der Waals surface area contributed by atoms with Gasteiger partial charge in [-0.2, -0.15) is 5.01 Å². The molecular formula is C20H21N3O3. The van der Waals surface area contributed by atoms with Crippen LogP contribution >= 0.6 is 0 Å². The molecule has 3 aliphatic rings. The second-order valence-electron chi connectivity index (χ2n) is 7.08. The van der Waals surface area contributed by atoms with Crippen molar-refractivity contribution in [3.8, 4) is 5.75 Å². The number of nitrogens with one attached hydrogen (secondary N) is 1. The van der Waals surface area contributed by atoms with Crippen LogP contribution in [0.4, 0.5) is 0 Å². The number of benzene rings is 1. The molecule has 1 amide bonds. The smallest absolute Gasteiger partial charge is 0.219 e. The first-order chi connectivity index (χ1) is 12.7. The summed E-state index contributed by atoms with van der Waals surface area (Å²) in [6.07, 6.45) is 5.38. The van der Waals surface area contributed by atoms with Gasteiger partial charge in [-0.25, -0.2) is 0 Å². The Bertz CT molecular complexity index is 866. The van der Waals surface area contributed by atoms with Crippen LogP contribution in [0.2, 0.25) is 0 Å². The quantitative estimate of drug-likeness (QED) is 0.856. The number of carbonyl (C=O) groups excluding carboxylic acids is 1. The molecule has 0 unspecified atom stereocenters. The lowest BCUT2D eigenvalue weighted by Gasteiger charge is -2.51. The van der Waals surface area contributed by atoms with E-state index in [1.165, 1.54) is 0 Å². The molecule has 1 saturated heterocycles. The van der Waals surface area contributed by atoms with Crippen molar-refractivity contribution in [2.75, 3.05) is 13.1 Å². The molecule has 1 atom stereocenters. The number of likely N-dealkylation sites (tertiary alicyclic amines) is 1. The maximum Gasteiger partial charge on any atom is 0.219 e. The molecular weight excluding hydrogens is 330 g/mol. The lowest BCUT2D eigenvalue weighted by atomic mass is 9.93. The summed E-state index contributed by atoms with van der Waals surface area (Å²) in [4.78, 5) is 13.6. The topological polar surface area (TPSA) is 58.0 Å². The summed E-state index contributed by atoms with van der Waals surface area (Å²) in [5, 5.41) is 2.20. The van der Waals surface area contributed by atoms with Crippen LogP contribution in [-0.2, 0) is 4.79 Å². The normalized spacial score (nSPS) is 23.7. The molecule has 6 nitrogen and oxygen atoms in total. The molecule has 1 aromatic carbocycles. The maximum absolute atomic E-state index is 11.7. The molecule has 1 N–H and O–H groups in total. The first-order valence-electron chi connectivity index (χ1n) is 9.01. The van der Waals surface area contributed by atoms with Gasteiger partial charge in [0.05, 0.1) is 18.0 Å². The van der Waals surface area contributed by atoms with E-state index >= 15 is 0 Å². The average molecular weight is 351 g/mol. The molecule has 0 radical (unpaired) electrons. The van der Waals surface area contributed by atoms with Gasteiger partial charge in [0.15, 0.2) is 11.5 Å². The monoisotopic (exact) mass is 351 g/mol. The number of para-hydroxylation sites is 1. The fourth-order valence-corrected chi connectivity index (χ4v) is 4.21. The molecule has 1 aromatic heterocycles. The molecule has 5 rings (SSSR count). The van der Waals surface area contributed by atoms with E-state index in [1.807, 2.05) is 35.2 Å². The zero-order valence-electron chi connectivity index (χ0n) is 14.6. The number of ether oxygens (including phenoxy) is 1. The largest absolute Gasteiger partial charge is 0.470 e. The fraction of sp³-hybridized carbons (Fsp3) is 0.350. The Kier molecular flexibility index (Phi) is 3.37. The van der Waals surface area contributed by atoms with E-state index in [9.17, 15) is 4.79 Å². The third-order valence-electron chi connectivity index (χ3n) is 5.60. The van der Waals surface area contributed by atoms with Crippen molar-refractivity contribution in [3.63, 3.8) is 0 Å². The van der Waals surface area contributed by atoms with Crippen molar-refractivity contribution in [3.05, 3.63) is 60.1 Å². The summed E-state index contributed by atoms with van der Waals surface area (Å²) in [6.45, 7) is 3.01. The SMILES string of the molecule is CC(=O)N1CCC2(CC1)Oc1ccccc1[C@@H]1C=C(c3ccco3)NN12. The molecule has 0 saturated carbocycles. The van der Waals surface area contributed by atoms with Gasteiger partial charge in [0, 0.05) is 38.4 Å². The number of hydrogen-bond acceptors (Lipinski definition) is 5. The van der Waals surface area contributed by atoms with E-state index in [0.717, 1.165) is 35.6 Å². The molecule has 26 heavy (non-hydrogen) atoms. The summed E-state index contributed by atoms with van der Waals surface area (Å²) in [6, 6.07) is 12.1. The number of rotatable bonds is 1. The Morgan fingerprint density at radius 1 is 1.19 bits per heavy atom. The van der Waals surface area contributed by atoms with Gasteiger partial charge in [0.25, 0.3) is 0 Å². The Labute approximate surface area is 152 Å². The van der Waals surface area contributed by atoms with Crippen LogP contribution < -0.4 is 10.2 Å². The lowest BCUT2D eigenvalue weighted by molar-refractivity contribution is -0.165. The molecule has 1 fully saturated rings. The van der Waals surface area contributed by atoms with E-state index in [-0.39, 0.29) is 11.9 Å². The van der Waals surface area contributed by atoms with E-state index in [0.29, 0.717) is 13.1 Å². The Hall–Kier alpha value is -2.73. The van der Waals surface area contributed by atoms with Gasteiger partial charge >= 0.3 is 0 Å². The second-order valence-corrected chi connectivity index (χ2v) is 7.08. The number of fused-ring (bicyclic) bond motifs is 4. The minimum Gasteiger partial charge on any atom is -0.470 e. The summed E-state index contributed by atoms with van der Waals surface area (Å²) in [5.41, 5.74) is 5.13. The van der Waals surface area contributed by atoms with Gasteiger partial charge in [0.2, 0.25) is 5.91 Å². The number of hydrogen-bond donors (Lipinski definition) is 1.